The maximum absolute atomic E-state index is 11.6. The minimum Gasteiger partial charge on any atom is -0.292 e. The topological polar surface area (TPSA) is 30.0 Å². The fourth-order valence-electron chi connectivity index (χ4n) is 1.18. The quantitative estimate of drug-likeness (QED) is 0.564. The second kappa shape index (κ2) is 5.15. The molecule has 0 atom stereocenters. The molecule has 0 N–H and O–H groups in total. The molecule has 0 saturated carbocycles. The van der Waals surface area contributed by atoms with E-state index in [9.17, 15) is 4.79 Å². The zero-order valence-electron chi connectivity index (χ0n) is 8.83. The number of pyridine rings is 1. The molecule has 76 valence electrons. The van der Waals surface area contributed by atoms with Gasteiger partial charge in [-0.3, -0.25) is 4.79 Å². The van der Waals surface area contributed by atoms with Crippen molar-refractivity contribution in [3.05, 3.63) is 23.5 Å². The lowest BCUT2D eigenvalue weighted by Gasteiger charge is -2.06. The first-order chi connectivity index (χ1) is 6.69. The Hall–Kier alpha value is -0.830. The van der Waals surface area contributed by atoms with E-state index in [1.165, 1.54) is 0 Å². The summed E-state index contributed by atoms with van der Waals surface area (Å²) in [6, 6.07) is 3.93. The van der Waals surface area contributed by atoms with Crippen LogP contribution in [0.1, 0.15) is 36.5 Å². The summed E-state index contributed by atoms with van der Waals surface area (Å²) >= 11 is 1.67. The lowest BCUT2D eigenvalue weighted by Crippen LogP contribution is -2.03. The van der Waals surface area contributed by atoms with Gasteiger partial charge >= 0.3 is 0 Å². The van der Waals surface area contributed by atoms with Gasteiger partial charge in [-0.15, -0.1) is 11.8 Å². The minimum absolute atomic E-state index is 0.129. The second-order valence-electron chi connectivity index (χ2n) is 3.01. The molecule has 1 aromatic rings. The molecule has 2 nitrogen and oxygen atoms in total. The van der Waals surface area contributed by atoms with Crippen LogP contribution in [0.25, 0.3) is 0 Å². The van der Waals surface area contributed by atoms with E-state index in [0.717, 1.165) is 16.3 Å². The molecule has 0 spiro atoms. The smallest absolute Gasteiger partial charge is 0.182 e. The van der Waals surface area contributed by atoms with Gasteiger partial charge in [0.25, 0.3) is 0 Å². The maximum Gasteiger partial charge on any atom is 0.182 e. The van der Waals surface area contributed by atoms with Crippen molar-refractivity contribution in [2.45, 2.75) is 32.1 Å². The van der Waals surface area contributed by atoms with Crippen LogP contribution < -0.4 is 0 Å². The van der Waals surface area contributed by atoms with Crippen LogP contribution in [0.5, 0.6) is 0 Å². The molecule has 14 heavy (non-hydrogen) atoms. The summed E-state index contributed by atoms with van der Waals surface area (Å²) in [7, 11) is 0. The summed E-state index contributed by atoms with van der Waals surface area (Å²) in [5.41, 5.74) is 1.54. The van der Waals surface area contributed by atoms with Crippen molar-refractivity contribution in [1.29, 1.82) is 0 Å². The van der Waals surface area contributed by atoms with Crippen molar-refractivity contribution in [1.82, 2.24) is 4.98 Å². The lowest BCUT2D eigenvalue weighted by atomic mass is 10.2. The van der Waals surface area contributed by atoms with Gasteiger partial charge in [0.2, 0.25) is 0 Å². The van der Waals surface area contributed by atoms with Crippen molar-refractivity contribution in [3.63, 3.8) is 0 Å². The molecular weight excluding hydrogens is 194 g/mol. The van der Waals surface area contributed by atoms with Crippen LogP contribution in [0.2, 0.25) is 0 Å². The first kappa shape index (κ1) is 11.2. The number of carbonyl (C=O) groups is 1. The summed E-state index contributed by atoms with van der Waals surface area (Å²) in [5, 5.41) is 0. The number of aromatic nitrogens is 1. The summed E-state index contributed by atoms with van der Waals surface area (Å²) in [5.74, 6) is 1.10. The molecule has 0 bridgehead atoms. The van der Waals surface area contributed by atoms with Crippen LogP contribution in [0.4, 0.5) is 0 Å². The maximum atomic E-state index is 11.6. The standard InChI is InChI=1S/C11H15NOS/c1-4-9(13)11-10(14-5-2)7-6-8(3)12-11/h6-7H,4-5H2,1-3H3. The van der Waals surface area contributed by atoms with Crippen molar-refractivity contribution < 1.29 is 4.79 Å². The number of hydrogen-bond acceptors (Lipinski definition) is 3. The normalized spacial score (nSPS) is 10.2. The SMILES string of the molecule is CCSc1ccc(C)nc1C(=O)CC. The van der Waals surface area contributed by atoms with E-state index in [2.05, 4.69) is 11.9 Å². The van der Waals surface area contributed by atoms with Crippen molar-refractivity contribution in [2.24, 2.45) is 0 Å². The summed E-state index contributed by atoms with van der Waals surface area (Å²) < 4.78 is 0. The van der Waals surface area contributed by atoms with Crippen LogP contribution in [-0.2, 0) is 0 Å². The monoisotopic (exact) mass is 209 g/mol. The average molecular weight is 209 g/mol. The van der Waals surface area contributed by atoms with Gasteiger partial charge in [-0.25, -0.2) is 4.98 Å². The number of nitrogens with zero attached hydrogens (tertiary/aromatic N) is 1. The van der Waals surface area contributed by atoms with Gasteiger partial charge in [0.15, 0.2) is 5.78 Å². The van der Waals surface area contributed by atoms with Gasteiger partial charge in [-0.2, -0.15) is 0 Å². The first-order valence-corrected chi connectivity index (χ1v) is 5.81. The summed E-state index contributed by atoms with van der Waals surface area (Å²) in [6.45, 7) is 5.85. The Kier molecular flexibility index (Phi) is 4.14. The number of carbonyl (C=O) groups excluding carboxylic acids is 1. The van der Waals surface area contributed by atoms with E-state index < -0.39 is 0 Å². The van der Waals surface area contributed by atoms with Gasteiger partial charge in [0.1, 0.15) is 5.69 Å². The third-order valence-corrected chi connectivity index (χ3v) is 2.81. The highest BCUT2D eigenvalue weighted by Crippen LogP contribution is 2.22. The van der Waals surface area contributed by atoms with E-state index in [0.29, 0.717) is 12.1 Å². The predicted octanol–water partition coefficient (Wildman–Crippen LogP) is 3.09. The highest BCUT2D eigenvalue weighted by atomic mass is 32.2. The minimum atomic E-state index is 0.129. The van der Waals surface area contributed by atoms with Crippen molar-refractivity contribution in [3.8, 4) is 0 Å². The molecular formula is C11H15NOS. The number of ketones is 1. The summed E-state index contributed by atoms with van der Waals surface area (Å²) in [4.78, 5) is 16.9. The molecule has 0 amide bonds. The third kappa shape index (κ3) is 2.58. The number of Topliss-reactive ketones (excluding diaryl/α,β-unsaturated/α-hetero) is 1. The number of thioether (sulfide) groups is 1. The van der Waals surface area contributed by atoms with Crippen LogP contribution in [0.15, 0.2) is 17.0 Å². The number of rotatable bonds is 4. The van der Waals surface area contributed by atoms with Gasteiger partial charge in [0.05, 0.1) is 0 Å². The molecule has 1 heterocycles. The van der Waals surface area contributed by atoms with Crippen LogP contribution in [0, 0.1) is 6.92 Å². The van der Waals surface area contributed by atoms with E-state index in [1.807, 2.05) is 26.0 Å². The molecule has 0 saturated heterocycles. The predicted molar refractivity (Wildman–Crippen MR) is 60.0 cm³/mol. The first-order valence-electron chi connectivity index (χ1n) is 4.82. The molecule has 1 aromatic heterocycles. The number of hydrogen-bond donors (Lipinski definition) is 0. The molecule has 0 aliphatic rings. The van der Waals surface area contributed by atoms with E-state index in [1.54, 1.807) is 11.8 Å². The Bertz CT molecular complexity index is 336. The van der Waals surface area contributed by atoms with Crippen LogP contribution in [0.3, 0.4) is 0 Å². The molecule has 0 radical (unpaired) electrons. The molecule has 0 unspecified atom stereocenters. The Labute approximate surface area is 89.1 Å². The Morgan fingerprint density at radius 3 is 2.71 bits per heavy atom. The molecule has 1 rings (SSSR count). The van der Waals surface area contributed by atoms with Crippen molar-refractivity contribution in [2.75, 3.05) is 5.75 Å². The van der Waals surface area contributed by atoms with E-state index in [4.69, 9.17) is 0 Å². The third-order valence-electron chi connectivity index (χ3n) is 1.88. The van der Waals surface area contributed by atoms with Crippen LogP contribution in [-0.4, -0.2) is 16.5 Å². The van der Waals surface area contributed by atoms with Crippen molar-refractivity contribution >= 4 is 17.5 Å². The van der Waals surface area contributed by atoms with Crippen LogP contribution >= 0.6 is 11.8 Å². The highest BCUT2D eigenvalue weighted by Gasteiger charge is 2.11. The van der Waals surface area contributed by atoms with E-state index >= 15 is 0 Å². The van der Waals surface area contributed by atoms with Gasteiger partial charge < -0.3 is 0 Å². The Morgan fingerprint density at radius 2 is 2.14 bits per heavy atom. The molecule has 0 aliphatic carbocycles. The molecule has 0 aromatic carbocycles. The average Bonchev–Trinajstić information content (AvgIpc) is 2.20. The van der Waals surface area contributed by atoms with Gasteiger partial charge in [-0.1, -0.05) is 13.8 Å². The fraction of sp³-hybridized carbons (Fsp3) is 0.455. The highest BCUT2D eigenvalue weighted by molar-refractivity contribution is 7.99. The largest absolute Gasteiger partial charge is 0.292 e. The summed E-state index contributed by atoms with van der Waals surface area (Å²) in [6.07, 6.45) is 0.522. The zero-order valence-corrected chi connectivity index (χ0v) is 9.65. The van der Waals surface area contributed by atoms with Gasteiger partial charge in [0, 0.05) is 17.0 Å². The number of aryl methyl sites for hydroxylation is 1. The Balaban J connectivity index is 3.08. The Morgan fingerprint density at radius 1 is 1.43 bits per heavy atom. The molecule has 0 fully saturated rings. The molecule has 0 aliphatic heterocycles. The lowest BCUT2D eigenvalue weighted by molar-refractivity contribution is 0.0980. The van der Waals surface area contributed by atoms with E-state index in [-0.39, 0.29) is 5.78 Å². The molecule has 3 heteroatoms. The second-order valence-corrected chi connectivity index (χ2v) is 4.31. The fourth-order valence-corrected chi connectivity index (χ4v) is 1.95. The zero-order chi connectivity index (χ0) is 10.6. The van der Waals surface area contributed by atoms with Gasteiger partial charge in [-0.05, 0) is 24.8 Å².